The van der Waals surface area contributed by atoms with Gasteiger partial charge in [-0.3, -0.25) is 0 Å². The standard InChI is InChI=1S/C16H21BrFN3O3/c1-9-20-13-6-10(18)5-12(17)14(13)21(9)8-11(22)7-19-15(23)24-16(2,3)4/h5-6,11,22H,7-8H2,1-4H3,(H,19,23). The summed E-state index contributed by atoms with van der Waals surface area (Å²) in [5.41, 5.74) is 0.609. The summed E-state index contributed by atoms with van der Waals surface area (Å²) in [5.74, 6) is 0.263. The second-order valence-corrected chi connectivity index (χ2v) is 7.42. The van der Waals surface area contributed by atoms with E-state index in [1.54, 1.807) is 32.3 Å². The number of hydrogen-bond donors (Lipinski definition) is 2. The van der Waals surface area contributed by atoms with Gasteiger partial charge in [-0.2, -0.15) is 0 Å². The summed E-state index contributed by atoms with van der Waals surface area (Å²) in [7, 11) is 0. The first kappa shape index (κ1) is 18.7. The Morgan fingerprint density at radius 1 is 1.50 bits per heavy atom. The maximum absolute atomic E-state index is 13.5. The molecule has 0 saturated heterocycles. The second-order valence-electron chi connectivity index (χ2n) is 6.56. The van der Waals surface area contributed by atoms with Crippen LogP contribution < -0.4 is 5.32 Å². The molecule has 0 saturated carbocycles. The number of aryl methyl sites for hydroxylation is 1. The highest BCUT2D eigenvalue weighted by molar-refractivity contribution is 9.10. The lowest BCUT2D eigenvalue weighted by atomic mass is 10.2. The van der Waals surface area contributed by atoms with Crippen LogP contribution in [0.4, 0.5) is 9.18 Å². The minimum absolute atomic E-state index is 0.0346. The second kappa shape index (κ2) is 7.06. The van der Waals surface area contributed by atoms with Gasteiger partial charge in [-0.1, -0.05) is 0 Å². The molecule has 0 radical (unpaired) electrons. The van der Waals surface area contributed by atoms with Gasteiger partial charge < -0.3 is 19.7 Å². The van der Waals surface area contributed by atoms with Gasteiger partial charge in [-0.15, -0.1) is 0 Å². The fourth-order valence-electron chi connectivity index (χ4n) is 2.32. The van der Waals surface area contributed by atoms with E-state index in [1.807, 2.05) is 0 Å². The number of aliphatic hydroxyl groups is 1. The molecule has 2 N–H and O–H groups in total. The van der Waals surface area contributed by atoms with Crippen LogP contribution >= 0.6 is 15.9 Å². The molecule has 0 bridgehead atoms. The summed E-state index contributed by atoms with van der Waals surface area (Å²) in [5, 5.41) is 12.7. The van der Waals surface area contributed by atoms with Gasteiger partial charge in [0.1, 0.15) is 17.2 Å². The lowest BCUT2D eigenvalue weighted by Crippen LogP contribution is -2.38. The average Bonchev–Trinajstić information content (AvgIpc) is 2.70. The number of nitrogens with zero attached hydrogens (tertiary/aromatic N) is 2. The predicted octanol–water partition coefficient (Wildman–Crippen LogP) is 3.13. The van der Waals surface area contributed by atoms with Crippen molar-refractivity contribution in [2.75, 3.05) is 6.54 Å². The van der Waals surface area contributed by atoms with Crippen molar-refractivity contribution in [3.63, 3.8) is 0 Å². The van der Waals surface area contributed by atoms with Gasteiger partial charge in [-0.25, -0.2) is 14.2 Å². The first-order valence-corrected chi connectivity index (χ1v) is 8.33. The van der Waals surface area contributed by atoms with Crippen LogP contribution in [0.5, 0.6) is 0 Å². The largest absolute Gasteiger partial charge is 0.444 e. The highest BCUT2D eigenvalue weighted by Gasteiger charge is 2.18. The number of rotatable bonds is 4. The number of carbonyl (C=O) groups is 1. The van der Waals surface area contributed by atoms with Gasteiger partial charge >= 0.3 is 6.09 Å². The summed E-state index contributed by atoms with van der Waals surface area (Å²) in [6.45, 7) is 7.32. The normalized spacial score (nSPS) is 13.1. The van der Waals surface area contributed by atoms with Crippen molar-refractivity contribution in [2.24, 2.45) is 0 Å². The van der Waals surface area contributed by atoms with Gasteiger partial charge in [0.2, 0.25) is 0 Å². The molecule has 132 valence electrons. The van der Waals surface area contributed by atoms with Gasteiger partial charge in [0.15, 0.2) is 0 Å². The van der Waals surface area contributed by atoms with Gasteiger partial charge in [0, 0.05) is 17.1 Å². The number of nitrogens with one attached hydrogen (secondary N) is 1. The summed E-state index contributed by atoms with van der Waals surface area (Å²) in [6.07, 6.45) is -1.43. The molecule has 24 heavy (non-hydrogen) atoms. The van der Waals surface area contributed by atoms with E-state index in [4.69, 9.17) is 4.74 Å². The number of imidazole rings is 1. The van der Waals surface area contributed by atoms with Crippen LogP contribution in [0.1, 0.15) is 26.6 Å². The third-order valence-corrected chi connectivity index (χ3v) is 3.83. The number of fused-ring (bicyclic) bond motifs is 1. The molecular weight excluding hydrogens is 381 g/mol. The molecule has 1 heterocycles. The SMILES string of the molecule is Cc1nc2cc(F)cc(Br)c2n1CC(O)CNC(=O)OC(C)(C)C. The molecule has 0 aliphatic carbocycles. The minimum atomic E-state index is -0.842. The maximum atomic E-state index is 13.5. The van der Waals surface area contributed by atoms with Crippen molar-refractivity contribution in [3.8, 4) is 0 Å². The third kappa shape index (κ3) is 4.67. The number of hydrogen-bond acceptors (Lipinski definition) is 4. The van der Waals surface area contributed by atoms with Gasteiger partial charge in [0.25, 0.3) is 0 Å². The molecule has 1 aromatic heterocycles. The molecule has 1 amide bonds. The number of alkyl carbamates (subject to hydrolysis) is 1. The highest BCUT2D eigenvalue weighted by Crippen LogP contribution is 2.26. The quantitative estimate of drug-likeness (QED) is 0.824. The van der Waals surface area contributed by atoms with E-state index >= 15 is 0 Å². The van der Waals surface area contributed by atoms with Crippen molar-refractivity contribution >= 4 is 33.1 Å². The fraction of sp³-hybridized carbons (Fsp3) is 0.500. The fourth-order valence-corrected chi connectivity index (χ4v) is 2.95. The van der Waals surface area contributed by atoms with E-state index in [1.165, 1.54) is 12.1 Å². The van der Waals surface area contributed by atoms with Crippen LogP contribution in [0.15, 0.2) is 16.6 Å². The monoisotopic (exact) mass is 401 g/mol. The van der Waals surface area contributed by atoms with Crippen LogP contribution in [-0.4, -0.2) is 39.0 Å². The Balaban J connectivity index is 2.07. The lowest BCUT2D eigenvalue weighted by molar-refractivity contribution is 0.0485. The molecule has 1 aromatic carbocycles. The van der Waals surface area contributed by atoms with E-state index in [-0.39, 0.29) is 18.9 Å². The minimum Gasteiger partial charge on any atom is -0.444 e. The lowest BCUT2D eigenvalue weighted by Gasteiger charge is -2.21. The Morgan fingerprint density at radius 3 is 2.79 bits per heavy atom. The van der Waals surface area contributed by atoms with E-state index in [0.717, 1.165) is 0 Å². The van der Waals surface area contributed by atoms with Crippen LogP contribution in [0, 0.1) is 12.7 Å². The third-order valence-electron chi connectivity index (χ3n) is 3.23. The summed E-state index contributed by atoms with van der Waals surface area (Å²) >= 11 is 3.32. The number of aromatic nitrogens is 2. The molecule has 1 unspecified atom stereocenters. The average molecular weight is 402 g/mol. The Morgan fingerprint density at radius 2 is 2.17 bits per heavy atom. The maximum Gasteiger partial charge on any atom is 0.407 e. The molecular formula is C16H21BrFN3O3. The molecule has 8 heteroatoms. The van der Waals surface area contributed by atoms with E-state index in [2.05, 4.69) is 26.2 Å². The topological polar surface area (TPSA) is 76.4 Å². The molecule has 6 nitrogen and oxygen atoms in total. The Kier molecular flexibility index (Phi) is 5.49. The first-order valence-electron chi connectivity index (χ1n) is 7.53. The molecule has 1 atom stereocenters. The van der Waals surface area contributed by atoms with Crippen LogP contribution in [0.2, 0.25) is 0 Å². The van der Waals surface area contributed by atoms with Crippen LogP contribution in [0.25, 0.3) is 11.0 Å². The van der Waals surface area contributed by atoms with E-state index in [9.17, 15) is 14.3 Å². The Labute approximate surface area is 148 Å². The number of ether oxygens (including phenoxy) is 1. The number of aliphatic hydroxyl groups excluding tert-OH is 1. The number of benzene rings is 1. The Bertz CT molecular complexity index is 755. The summed E-state index contributed by atoms with van der Waals surface area (Å²) in [6, 6.07) is 2.69. The van der Waals surface area contributed by atoms with Crippen molar-refractivity contribution < 1.29 is 19.0 Å². The highest BCUT2D eigenvalue weighted by atomic mass is 79.9. The summed E-state index contributed by atoms with van der Waals surface area (Å²) in [4.78, 5) is 15.9. The van der Waals surface area contributed by atoms with Crippen LogP contribution in [0.3, 0.4) is 0 Å². The number of amides is 1. The predicted molar refractivity (Wildman–Crippen MR) is 92.4 cm³/mol. The molecule has 0 fully saturated rings. The van der Waals surface area contributed by atoms with E-state index < -0.39 is 17.8 Å². The van der Waals surface area contributed by atoms with Gasteiger partial charge in [-0.05, 0) is 49.7 Å². The molecule has 0 aliphatic heterocycles. The van der Waals surface area contributed by atoms with Gasteiger partial charge in [0.05, 0.1) is 23.7 Å². The molecule has 2 aromatic rings. The zero-order chi connectivity index (χ0) is 18.1. The smallest absolute Gasteiger partial charge is 0.407 e. The number of halogens is 2. The Hall–Kier alpha value is -1.67. The zero-order valence-electron chi connectivity index (χ0n) is 14.1. The zero-order valence-corrected chi connectivity index (χ0v) is 15.6. The van der Waals surface area contributed by atoms with E-state index in [0.29, 0.717) is 21.3 Å². The van der Waals surface area contributed by atoms with Crippen molar-refractivity contribution in [1.29, 1.82) is 0 Å². The first-order chi connectivity index (χ1) is 11.1. The van der Waals surface area contributed by atoms with Crippen molar-refractivity contribution in [2.45, 2.75) is 45.9 Å². The van der Waals surface area contributed by atoms with Crippen molar-refractivity contribution in [1.82, 2.24) is 14.9 Å². The summed E-state index contributed by atoms with van der Waals surface area (Å²) < 4.78 is 20.9. The molecule has 2 rings (SSSR count). The van der Waals surface area contributed by atoms with Crippen molar-refractivity contribution in [3.05, 3.63) is 28.2 Å². The number of carbonyl (C=O) groups excluding carboxylic acids is 1. The molecule has 0 aliphatic rings. The van der Waals surface area contributed by atoms with Crippen LogP contribution in [-0.2, 0) is 11.3 Å². The molecule has 0 spiro atoms.